The van der Waals surface area contributed by atoms with Gasteiger partial charge in [0.2, 0.25) is 0 Å². The molecule has 0 heterocycles. The van der Waals surface area contributed by atoms with Gasteiger partial charge in [-0.25, -0.2) is 0 Å². The van der Waals surface area contributed by atoms with Gasteiger partial charge in [0.1, 0.15) is 6.61 Å². The Morgan fingerprint density at radius 3 is 0.878 bits per heavy atom. The second kappa shape index (κ2) is 63.6. The summed E-state index contributed by atoms with van der Waals surface area (Å²) in [6, 6.07) is 0. The Morgan fingerprint density at radius 2 is 0.581 bits per heavy atom. The van der Waals surface area contributed by atoms with Crippen LogP contribution in [0.25, 0.3) is 0 Å². The molecule has 0 bridgehead atoms. The largest absolute Gasteiger partial charge is 0.462 e. The zero-order valence-electron chi connectivity index (χ0n) is 48.3. The molecule has 0 aliphatic carbocycles. The van der Waals surface area contributed by atoms with Crippen LogP contribution in [0.1, 0.15) is 284 Å². The zero-order valence-corrected chi connectivity index (χ0v) is 48.3. The number of carbonyl (C=O) groups is 2. The molecule has 5 heteroatoms. The van der Waals surface area contributed by atoms with Crippen LogP contribution in [-0.2, 0) is 19.1 Å². The Morgan fingerprint density at radius 1 is 0.324 bits per heavy atom. The molecule has 0 aromatic rings. The van der Waals surface area contributed by atoms with Crippen molar-refractivity contribution in [2.75, 3.05) is 13.2 Å². The van der Waals surface area contributed by atoms with Crippen LogP contribution in [0.5, 0.6) is 0 Å². The summed E-state index contributed by atoms with van der Waals surface area (Å²) in [6.07, 6.45) is 93.4. The third-order valence-corrected chi connectivity index (χ3v) is 13.2. The molecule has 0 aromatic heterocycles. The fourth-order valence-electron chi connectivity index (χ4n) is 8.60. The molecule has 1 atom stereocenters. The van der Waals surface area contributed by atoms with Crippen LogP contribution >= 0.6 is 0 Å². The van der Waals surface area contributed by atoms with Gasteiger partial charge in [0.25, 0.3) is 0 Å². The molecule has 0 spiro atoms. The summed E-state index contributed by atoms with van der Waals surface area (Å²) < 4.78 is 10.7. The first-order valence-corrected chi connectivity index (χ1v) is 31.1. The van der Waals surface area contributed by atoms with Gasteiger partial charge in [0.15, 0.2) is 6.10 Å². The minimum Gasteiger partial charge on any atom is -0.462 e. The normalized spacial score (nSPS) is 13.1. The third-order valence-electron chi connectivity index (χ3n) is 13.2. The molecular weight excluding hydrogens is 909 g/mol. The van der Waals surface area contributed by atoms with Crippen molar-refractivity contribution in [1.29, 1.82) is 0 Å². The van der Waals surface area contributed by atoms with E-state index >= 15 is 0 Å². The summed E-state index contributed by atoms with van der Waals surface area (Å²) in [7, 11) is 0. The van der Waals surface area contributed by atoms with E-state index < -0.39 is 6.10 Å². The van der Waals surface area contributed by atoms with Crippen LogP contribution in [0, 0.1) is 0 Å². The van der Waals surface area contributed by atoms with Crippen LogP contribution in [-0.4, -0.2) is 36.4 Å². The number of carbonyl (C=O) groups excluding carboxylic acids is 2. The Balaban J connectivity index is 3.48. The molecule has 0 rings (SSSR count). The van der Waals surface area contributed by atoms with Gasteiger partial charge < -0.3 is 14.6 Å². The maximum Gasteiger partial charge on any atom is 0.306 e. The Labute approximate surface area is 458 Å². The molecule has 74 heavy (non-hydrogen) atoms. The van der Waals surface area contributed by atoms with Crippen LogP contribution in [0.15, 0.2) is 122 Å². The highest BCUT2D eigenvalue weighted by Gasteiger charge is 2.16. The summed E-state index contributed by atoms with van der Waals surface area (Å²) in [4.78, 5) is 24.5. The molecule has 0 saturated carbocycles. The van der Waals surface area contributed by atoms with Crippen molar-refractivity contribution in [2.24, 2.45) is 0 Å². The molecule has 1 N–H and O–H groups in total. The van der Waals surface area contributed by atoms with Gasteiger partial charge in [0.05, 0.1) is 6.61 Å². The average Bonchev–Trinajstić information content (AvgIpc) is 3.40. The summed E-state index contributed by atoms with van der Waals surface area (Å²) in [5, 5.41) is 9.66. The van der Waals surface area contributed by atoms with Gasteiger partial charge in [-0.15, -0.1) is 0 Å². The Kier molecular flexibility index (Phi) is 60.4. The minimum absolute atomic E-state index is 0.0752. The maximum absolute atomic E-state index is 12.3. The number of hydrogen-bond acceptors (Lipinski definition) is 5. The van der Waals surface area contributed by atoms with Crippen molar-refractivity contribution >= 4 is 11.9 Å². The number of ether oxygens (including phenoxy) is 2. The number of aliphatic hydroxyl groups excluding tert-OH is 1. The van der Waals surface area contributed by atoms with Gasteiger partial charge in [-0.1, -0.05) is 283 Å². The van der Waals surface area contributed by atoms with Crippen molar-refractivity contribution in [2.45, 2.75) is 290 Å². The monoisotopic (exact) mass is 1020 g/mol. The molecule has 0 fully saturated rings. The van der Waals surface area contributed by atoms with E-state index in [-0.39, 0.29) is 25.2 Å². The molecule has 1 unspecified atom stereocenters. The van der Waals surface area contributed by atoms with E-state index in [0.717, 1.165) is 103 Å². The van der Waals surface area contributed by atoms with Crippen molar-refractivity contribution in [1.82, 2.24) is 0 Å². The van der Waals surface area contributed by atoms with Crippen LogP contribution in [0.4, 0.5) is 0 Å². The quantitative estimate of drug-likeness (QED) is 0.0373. The summed E-state index contributed by atoms with van der Waals surface area (Å²) in [5.74, 6) is -0.601. The van der Waals surface area contributed by atoms with Gasteiger partial charge in [-0.2, -0.15) is 0 Å². The minimum atomic E-state index is -0.783. The molecule has 422 valence electrons. The van der Waals surface area contributed by atoms with Crippen molar-refractivity contribution in [3.63, 3.8) is 0 Å². The highest BCUT2D eigenvalue weighted by atomic mass is 16.6. The number of rotatable bonds is 56. The molecular formula is C69H116O5. The number of aliphatic hydroxyl groups is 1. The third kappa shape index (κ3) is 60.9. The standard InChI is InChI=1S/C69H116O5/c1-3-5-7-9-11-13-15-17-19-21-23-24-25-26-27-28-29-30-31-32-33-34-35-36-37-38-39-40-41-42-43-44-46-48-50-52-54-56-58-60-62-64-69(72)74-67(65-70)66-73-68(71)63-61-59-57-55-53-51-49-47-45-22-20-18-16-14-12-10-8-6-4-2/h5,7,11-14,17-20,23-24,26-27,29-30,32-33,45,47,67,70H,3-4,6,8-10,15-16,21-22,25,28,31,34-44,46,48-66H2,1-2H3/b7-5-,13-11-,14-12-,19-17-,20-18-,24-23-,27-26-,30-29-,33-32-,47-45-. The van der Waals surface area contributed by atoms with Crippen molar-refractivity contribution in [3.05, 3.63) is 122 Å². The van der Waals surface area contributed by atoms with E-state index in [1.165, 1.54) is 154 Å². The average molecular weight is 1030 g/mol. The summed E-state index contributed by atoms with van der Waals surface area (Å²) >= 11 is 0. The first-order valence-electron chi connectivity index (χ1n) is 31.1. The van der Waals surface area contributed by atoms with E-state index in [1.807, 2.05) is 0 Å². The lowest BCUT2D eigenvalue weighted by molar-refractivity contribution is -0.161. The van der Waals surface area contributed by atoms with E-state index in [0.29, 0.717) is 12.8 Å². The molecule has 0 amide bonds. The molecule has 0 aliphatic rings. The lowest BCUT2D eigenvalue weighted by Gasteiger charge is -2.15. The van der Waals surface area contributed by atoms with Crippen LogP contribution in [0.3, 0.4) is 0 Å². The highest BCUT2D eigenvalue weighted by molar-refractivity contribution is 5.70. The molecule has 0 radical (unpaired) electrons. The fourth-order valence-corrected chi connectivity index (χ4v) is 8.60. The van der Waals surface area contributed by atoms with E-state index in [2.05, 4.69) is 135 Å². The van der Waals surface area contributed by atoms with Crippen molar-refractivity contribution in [3.8, 4) is 0 Å². The lowest BCUT2D eigenvalue weighted by atomic mass is 10.0. The van der Waals surface area contributed by atoms with Gasteiger partial charge in [0, 0.05) is 12.8 Å². The number of unbranched alkanes of at least 4 members (excludes halogenated alkanes) is 28. The van der Waals surface area contributed by atoms with Crippen molar-refractivity contribution < 1.29 is 24.2 Å². The van der Waals surface area contributed by atoms with E-state index in [1.54, 1.807) is 0 Å². The fraction of sp³-hybridized carbons (Fsp3) is 0.681. The maximum atomic E-state index is 12.3. The predicted octanol–water partition coefficient (Wildman–Crippen LogP) is 21.4. The first-order chi connectivity index (χ1) is 36.6. The predicted molar refractivity (Wildman–Crippen MR) is 325 cm³/mol. The second-order valence-corrected chi connectivity index (χ2v) is 20.4. The number of allylic oxidation sites excluding steroid dienone is 20. The highest BCUT2D eigenvalue weighted by Crippen LogP contribution is 2.16. The Bertz CT molecular complexity index is 1490. The molecule has 5 nitrogen and oxygen atoms in total. The molecule has 0 saturated heterocycles. The van der Waals surface area contributed by atoms with Gasteiger partial charge >= 0.3 is 11.9 Å². The summed E-state index contributed by atoms with van der Waals surface area (Å²) in [6.45, 7) is 4.00. The van der Waals surface area contributed by atoms with E-state index in [4.69, 9.17) is 9.47 Å². The summed E-state index contributed by atoms with van der Waals surface area (Å²) in [5.41, 5.74) is 0. The van der Waals surface area contributed by atoms with Gasteiger partial charge in [-0.3, -0.25) is 9.59 Å². The zero-order chi connectivity index (χ0) is 53.4. The topological polar surface area (TPSA) is 72.8 Å². The van der Waals surface area contributed by atoms with E-state index in [9.17, 15) is 14.7 Å². The number of hydrogen-bond donors (Lipinski definition) is 1. The smallest absolute Gasteiger partial charge is 0.306 e. The lowest BCUT2D eigenvalue weighted by Crippen LogP contribution is -2.28. The molecule has 0 aliphatic heterocycles. The Hall–Kier alpha value is -3.70. The SMILES string of the molecule is CC/C=C\C/C=C\C/C=C\C/C=C\C/C=C\C/C=C\C/C=C\CCCCCCCCCCCCCCCCCCCCCC(=O)OC(CO)COC(=O)CCCCCCCC/C=C\C/C=C\C/C=C\CCCCC. The van der Waals surface area contributed by atoms with Crippen LogP contribution < -0.4 is 0 Å². The molecule has 0 aromatic carbocycles. The second-order valence-electron chi connectivity index (χ2n) is 20.4. The first kappa shape index (κ1) is 70.3. The van der Waals surface area contributed by atoms with Gasteiger partial charge in [-0.05, 0) is 109 Å². The van der Waals surface area contributed by atoms with Crippen LogP contribution in [0.2, 0.25) is 0 Å². The number of esters is 2.